The molecule has 3 rings (SSSR count). The summed E-state index contributed by atoms with van der Waals surface area (Å²) in [6.07, 6.45) is 1.76. The Kier molecular flexibility index (Phi) is 6.71. The van der Waals surface area contributed by atoms with E-state index in [9.17, 15) is 4.79 Å². The van der Waals surface area contributed by atoms with Gasteiger partial charge in [-0.05, 0) is 30.3 Å². The number of benzene rings is 2. The predicted octanol–water partition coefficient (Wildman–Crippen LogP) is 5.28. The molecular formula is C19H16BrClN4OS. The van der Waals surface area contributed by atoms with E-state index in [0.29, 0.717) is 22.5 Å². The highest BCUT2D eigenvalue weighted by Gasteiger charge is 2.16. The van der Waals surface area contributed by atoms with Crippen molar-refractivity contribution in [2.45, 2.75) is 11.7 Å². The fourth-order valence-corrected chi connectivity index (χ4v) is 3.79. The molecule has 0 aliphatic rings. The lowest BCUT2D eigenvalue weighted by molar-refractivity contribution is -0.113. The smallest absolute Gasteiger partial charge is 0.234 e. The van der Waals surface area contributed by atoms with Crippen molar-refractivity contribution in [3.05, 3.63) is 70.7 Å². The van der Waals surface area contributed by atoms with Crippen molar-refractivity contribution in [3.63, 3.8) is 0 Å². The SMILES string of the molecule is C=CCn1c(SCC(=O)Nc2cccc(Br)c2)nnc1-c1ccccc1Cl. The highest BCUT2D eigenvalue weighted by atomic mass is 79.9. The maximum Gasteiger partial charge on any atom is 0.234 e. The van der Waals surface area contributed by atoms with Gasteiger partial charge >= 0.3 is 0 Å². The Morgan fingerprint density at radius 3 is 2.81 bits per heavy atom. The Balaban J connectivity index is 1.74. The summed E-state index contributed by atoms with van der Waals surface area (Å²) in [5, 5.41) is 12.6. The van der Waals surface area contributed by atoms with E-state index < -0.39 is 0 Å². The molecule has 0 aliphatic carbocycles. The van der Waals surface area contributed by atoms with Crippen LogP contribution in [-0.4, -0.2) is 26.4 Å². The average molecular weight is 464 g/mol. The maximum atomic E-state index is 12.3. The fraction of sp³-hybridized carbons (Fsp3) is 0.105. The third-order valence-corrected chi connectivity index (χ3v) is 5.37. The van der Waals surface area contributed by atoms with Crippen LogP contribution in [0.4, 0.5) is 5.69 Å². The molecule has 27 heavy (non-hydrogen) atoms. The molecule has 1 aromatic heterocycles. The zero-order valence-corrected chi connectivity index (χ0v) is 17.4. The zero-order chi connectivity index (χ0) is 19.2. The molecule has 138 valence electrons. The second kappa shape index (κ2) is 9.21. The minimum Gasteiger partial charge on any atom is -0.325 e. The van der Waals surface area contributed by atoms with Crippen LogP contribution >= 0.6 is 39.3 Å². The van der Waals surface area contributed by atoms with Crippen molar-refractivity contribution < 1.29 is 4.79 Å². The number of nitrogens with zero attached hydrogens (tertiary/aromatic N) is 3. The van der Waals surface area contributed by atoms with Gasteiger partial charge in [0.25, 0.3) is 0 Å². The van der Waals surface area contributed by atoms with Crippen molar-refractivity contribution in [2.75, 3.05) is 11.1 Å². The molecule has 8 heteroatoms. The molecule has 0 saturated heterocycles. The molecule has 1 heterocycles. The van der Waals surface area contributed by atoms with Gasteiger partial charge in [-0.15, -0.1) is 16.8 Å². The molecule has 0 radical (unpaired) electrons. The van der Waals surface area contributed by atoms with Crippen LogP contribution in [0.5, 0.6) is 0 Å². The Bertz CT molecular complexity index is 976. The van der Waals surface area contributed by atoms with Crippen molar-refractivity contribution in [1.82, 2.24) is 14.8 Å². The van der Waals surface area contributed by atoms with Gasteiger partial charge < -0.3 is 5.32 Å². The fourth-order valence-electron chi connectivity index (χ4n) is 2.42. The number of rotatable bonds is 7. The first kappa shape index (κ1) is 19.7. The first-order valence-electron chi connectivity index (χ1n) is 8.05. The van der Waals surface area contributed by atoms with Crippen LogP contribution in [0.15, 0.2) is 70.8 Å². The van der Waals surface area contributed by atoms with Gasteiger partial charge in [-0.2, -0.15) is 0 Å². The number of halogens is 2. The van der Waals surface area contributed by atoms with Gasteiger partial charge in [0.1, 0.15) is 0 Å². The Hall–Kier alpha value is -2.09. The van der Waals surface area contributed by atoms with E-state index in [0.717, 1.165) is 15.7 Å². The van der Waals surface area contributed by atoms with Crippen LogP contribution in [0, 0.1) is 0 Å². The molecule has 5 nitrogen and oxygen atoms in total. The maximum absolute atomic E-state index is 12.3. The monoisotopic (exact) mass is 462 g/mol. The van der Waals surface area contributed by atoms with Crippen LogP contribution in [0.25, 0.3) is 11.4 Å². The van der Waals surface area contributed by atoms with Crippen molar-refractivity contribution in [2.24, 2.45) is 0 Å². The van der Waals surface area contributed by atoms with Crippen LogP contribution in [0.2, 0.25) is 5.02 Å². The highest BCUT2D eigenvalue weighted by Crippen LogP contribution is 2.29. The minimum absolute atomic E-state index is 0.120. The van der Waals surface area contributed by atoms with Crippen molar-refractivity contribution in [3.8, 4) is 11.4 Å². The van der Waals surface area contributed by atoms with Gasteiger partial charge in [-0.25, -0.2) is 0 Å². The topological polar surface area (TPSA) is 59.8 Å². The number of carbonyl (C=O) groups excluding carboxylic acids is 1. The van der Waals surface area contributed by atoms with E-state index in [1.165, 1.54) is 11.8 Å². The second-order valence-corrected chi connectivity index (χ2v) is 7.80. The number of amides is 1. The standard InChI is InChI=1S/C19H16BrClN4OS/c1-2-10-25-18(15-8-3-4-9-16(15)21)23-24-19(25)27-12-17(26)22-14-7-5-6-13(20)11-14/h2-9,11H,1,10,12H2,(H,22,26). The van der Waals surface area contributed by atoms with E-state index in [1.54, 1.807) is 6.08 Å². The predicted molar refractivity (Wildman–Crippen MR) is 114 cm³/mol. The van der Waals surface area contributed by atoms with Crippen LogP contribution in [0.1, 0.15) is 0 Å². The highest BCUT2D eigenvalue weighted by molar-refractivity contribution is 9.10. The van der Waals surface area contributed by atoms with Crippen LogP contribution < -0.4 is 5.32 Å². The number of anilines is 1. The Morgan fingerprint density at radius 2 is 2.07 bits per heavy atom. The van der Waals surface area contributed by atoms with Gasteiger partial charge in [0.05, 0.1) is 10.8 Å². The van der Waals surface area contributed by atoms with Gasteiger partial charge in [0.2, 0.25) is 5.91 Å². The number of thioether (sulfide) groups is 1. The molecular weight excluding hydrogens is 448 g/mol. The quantitative estimate of drug-likeness (QED) is 0.383. The average Bonchev–Trinajstić information content (AvgIpc) is 3.03. The minimum atomic E-state index is -0.120. The third kappa shape index (κ3) is 5.00. The summed E-state index contributed by atoms with van der Waals surface area (Å²) in [5.74, 6) is 0.741. The Morgan fingerprint density at radius 1 is 1.26 bits per heavy atom. The Labute approximate surface area is 175 Å². The summed E-state index contributed by atoms with van der Waals surface area (Å²) in [6, 6.07) is 14.9. The zero-order valence-electron chi connectivity index (χ0n) is 14.2. The van der Waals surface area contributed by atoms with E-state index in [4.69, 9.17) is 11.6 Å². The lowest BCUT2D eigenvalue weighted by Crippen LogP contribution is -2.14. The molecule has 0 fully saturated rings. The number of hydrogen-bond acceptors (Lipinski definition) is 4. The molecule has 1 amide bonds. The summed E-state index contributed by atoms with van der Waals surface area (Å²) in [6.45, 7) is 4.31. The lowest BCUT2D eigenvalue weighted by atomic mass is 10.2. The van der Waals surface area contributed by atoms with Gasteiger partial charge in [-0.1, -0.05) is 63.6 Å². The van der Waals surface area contributed by atoms with Gasteiger partial charge in [0, 0.05) is 22.3 Å². The first-order chi connectivity index (χ1) is 13.1. The molecule has 0 saturated carbocycles. The van der Waals surface area contributed by atoms with Crippen LogP contribution in [0.3, 0.4) is 0 Å². The largest absolute Gasteiger partial charge is 0.325 e. The number of carbonyl (C=O) groups is 1. The molecule has 0 bridgehead atoms. The lowest BCUT2D eigenvalue weighted by Gasteiger charge is -2.09. The first-order valence-corrected chi connectivity index (χ1v) is 10.2. The number of nitrogens with one attached hydrogen (secondary N) is 1. The number of aromatic nitrogens is 3. The summed E-state index contributed by atoms with van der Waals surface area (Å²) < 4.78 is 2.80. The normalized spacial score (nSPS) is 10.6. The molecule has 0 atom stereocenters. The summed E-state index contributed by atoms with van der Waals surface area (Å²) in [7, 11) is 0. The summed E-state index contributed by atoms with van der Waals surface area (Å²) >= 11 is 11.0. The summed E-state index contributed by atoms with van der Waals surface area (Å²) in [5.41, 5.74) is 1.53. The van der Waals surface area contributed by atoms with Crippen molar-refractivity contribution >= 4 is 50.9 Å². The third-order valence-electron chi connectivity index (χ3n) is 3.58. The molecule has 0 spiro atoms. The van der Waals surface area contributed by atoms with Gasteiger partial charge in [0.15, 0.2) is 11.0 Å². The van der Waals surface area contributed by atoms with Gasteiger partial charge in [-0.3, -0.25) is 9.36 Å². The molecule has 1 N–H and O–H groups in total. The molecule has 0 unspecified atom stereocenters. The molecule has 3 aromatic rings. The number of hydrogen-bond donors (Lipinski definition) is 1. The molecule has 0 aliphatic heterocycles. The van der Waals surface area contributed by atoms with E-state index in [1.807, 2.05) is 53.1 Å². The van der Waals surface area contributed by atoms with E-state index in [2.05, 4.69) is 38.0 Å². The summed E-state index contributed by atoms with van der Waals surface area (Å²) in [4.78, 5) is 12.3. The van der Waals surface area contributed by atoms with Crippen molar-refractivity contribution in [1.29, 1.82) is 0 Å². The van der Waals surface area contributed by atoms with E-state index in [-0.39, 0.29) is 11.7 Å². The van der Waals surface area contributed by atoms with E-state index >= 15 is 0 Å². The number of allylic oxidation sites excluding steroid dienone is 1. The molecule has 2 aromatic carbocycles. The second-order valence-electron chi connectivity index (χ2n) is 5.53. The van der Waals surface area contributed by atoms with Crippen LogP contribution in [-0.2, 0) is 11.3 Å².